The molecule has 66 valence electrons. The van der Waals surface area contributed by atoms with Gasteiger partial charge in [0.1, 0.15) is 0 Å². The molecule has 0 bridgehead atoms. The molecule has 0 amide bonds. The van der Waals surface area contributed by atoms with Crippen molar-refractivity contribution in [1.82, 2.24) is 0 Å². The highest BCUT2D eigenvalue weighted by molar-refractivity contribution is 6.07. The molecule has 3 heteroatoms. The molecule has 2 rings (SSSR count). The number of carbonyl (C=O) groups is 1. The lowest BCUT2D eigenvalue weighted by atomic mass is 9.91. The molecular weight excluding hydrogens is 168 g/mol. The molecule has 0 heterocycles. The minimum atomic E-state index is -2.01. The van der Waals surface area contributed by atoms with Gasteiger partial charge in [0.25, 0.3) is 0 Å². The molecule has 1 aliphatic rings. The van der Waals surface area contributed by atoms with Gasteiger partial charge in [-0.15, -0.1) is 0 Å². The van der Waals surface area contributed by atoms with Gasteiger partial charge in [0.2, 0.25) is 5.79 Å². The fraction of sp³-hybridized carbons (Fsp3) is 0.100. The predicted molar refractivity (Wildman–Crippen MR) is 46.0 cm³/mol. The highest BCUT2D eigenvalue weighted by atomic mass is 16.5. The fourth-order valence-electron chi connectivity index (χ4n) is 1.39. The third kappa shape index (κ3) is 1.18. The first-order valence-electron chi connectivity index (χ1n) is 3.89. The third-order valence-corrected chi connectivity index (χ3v) is 2.06. The Kier molecular flexibility index (Phi) is 1.58. The Balaban J connectivity index is 2.68. The van der Waals surface area contributed by atoms with Crippen molar-refractivity contribution in [1.29, 1.82) is 0 Å². The topological polar surface area (TPSA) is 57.5 Å². The number of ketones is 1. The van der Waals surface area contributed by atoms with E-state index in [0.29, 0.717) is 5.56 Å². The lowest BCUT2D eigenvalue weighted by molar-refractivity contribution is -0.126. The molecule has 1 aromatic rings. The van der Waals surface area contributed by atoms with Crippen molar-refractivity contribution in [2.45, 2.75) is 5.79 Å². The van der Waals surface area contributed by atoms with Gasteiger partial charge in [-0.05, 0) is 12.2 Å². The molecule has 1 aromatic carbocycles. The van der Waals surface area contributed by atoms with Crippen molar-refractivity contribution >= 4 is 5.78 Å². The summed E-state index contributed by atoms with van der Waals surface area (Å²) in [5, 5.41) is 18.9. The maximum absolute atomic E-state index is 11.3. The summed E-state index contributed by atoms with van der Waals surface area (Å²) in [6.45, 7) is 0. The van der Waals surface area contributed by atoms with Crippen LogP contribution in [-0.4, -0.2) is 16.0 Å². The summed E-state index contributed by atoms with van der Waals surface area (Å²) in [5.74, 6) is -2.21. The molecule has 0 atom stereocenters. The minimum absolute atomic E-state index is 0.200. The van der Waals surface area contributed by atoms with Crippen molar-refractivity contribution in [3.8, 4) is 0 Å². The molecule has 0 aromatic heterocycles. The molecule has 0 radical (unpaired) electrons. The first-order chi connectivity index (χ1) is 6.11. The van der Waals surface area contributed by atoms with Crippen molar-refractivity contribution in [2.75, 3.05) is 0 Å². The van der Waals surface area contributed by atoms with Crippen LogP contribution in [0.5, 0.6) is 0 Å². The van der Waals surface area contributed by atoms with E-state index in [0.717, 1.165) is 6.08 Å². The zero-order valence-corrected chi connectivity index (χ0v) is 6.77. The lowest BCUT2D eigenvalue weighted by Crippen LogP contribution is -2.28. The summed E-state index contributed by atoms with van der Waals surface area (Å²) in [4.78, 5) is 11.3. The van der Waals surface area contributed by atoms with Gasteiger partial charge in [-0.1, -0.05) is 24.3 Å². The average molecular weight is 176 g/mol. The first-order valence-corrected chi connectivity index (χ1v) is 3.89. The molecule has 13 heavy (non-hydrogen) atoms. The van der Waals surface area contributed by atoms with Gasteiger partial charge < -0.3 is 10.2 Å². The fourth-order valence-corrected chi connectivity index (χ4v) is 1.39. The SMILES string of the molecule is O=C1C=CC(O)(O)c2ccccc21. The number of hydrogen-bond donors (Lipinski definition) is 2. The number of aliphatic hydroxyl groups is 2. The second-order valence-corrected chi connectivity index (χ2v) is 2.97. The lowest BCUT2D eigenvalue weighted by Gasteiger charge is -2.23. The minimum Gasteiger partial charge on any atom is -0.359 e. The quantitative estimate of drug-likeness (QED) is 0.568. The number of benzene rings is 1. The summed E-state index contributed by atoms with van der Waals surface area (Å²) in [6, 6.07) is 6.44. The maximum Gasteiger partial charge on any atom is 0.211 e. The highest BCUT2D eigenvalue weighted by Crippen LogP contribution is 2.27. The summed E-state index contributed by atoms with van der Waals surface area (Å²) >= 11 is 0. The Labute approximate surface area is 74.9 Å². The van der Waals surface area contributed by atoms with E-state index in [1.54, 1.807) is 18.2 Å². The molecule has 0 spiro atoms. The van der Waals surface area contributed by atoms with Gasteiger partial charge in [-0.25, -0.2) is 0 Å². The monoisotopic (exact) mass is 176 g/mol. The van der Waals surface area contributed by atoms with Gasteiger partial charge in [-0.3, -0.25) is 4.79 Å². The Morgan fingerprint density at radius 3 is 2.54 bits per heavy atom. The maximum atomic E-state index is 11.3. The van der Waals surface area contributed by atoms with Crippen LogP contribution in [0, 0.1) is 0 Å². The molecule has 0 fully saturated rings. The third-order valence-electron chi connectivity index (χ3n) is 2.06. The van der Waals surface area contributed by atoms with Crippen molar-refractivity contribution in [2.24, 2.45) is 0 Å². The van der Waals surface area contributed by atoms with Crippen LogP contribution >= 0.6 is 0 Å². The summed E-state index contributed by atoms with van der Waals surface area (Å²) in [6.07, 6.45) is 2.25. The van der Waals surface area contributed by atoms with Crippen LogP contribution in [0.3, 0.4) is 0 Å². The Morgan fingerprint density at radius 2 is 1.85 bits per heavy atom. The predicted octanol–water partition coefficient (Wildman–Crippen LogP) is 0.577. The molecule has 0 saturated heterocycles. The van der Waals surface area contributed by atoms with Gasteiger partial charge >= 0.3 is 0 Å². The second-order valence-electron chi connectivity index (χ2n) is 2.97. The van der Waals surface area contributed by atoms with Crippen molar-refractivity contribution in [3.63, 3.8) is 0 Å². The summed E-state index contributed by atoms with van der Waals surface area (Å²) < 4.78 is 0. The summed E-state index contributed by atoms with van der Waals surface area (Å²) in [7, 11) is 0. The Morgan fingerprint density at radius 1 is 1.15 bits per heavy atom. The van der Waals surface area contributed by atoms with Crippen molar-refractivity contribution < 1.29 is 15.0 Å². The molecule has 1 aliphatic carbocycles. The molecule has 0 unspecified atom stereocenters. The van der Waals surface area contributed by atoms with Crippen LogP contribution in [0.2, 0.25) is 0 Å². The summed E-state index contributed by atoms with van der Waals surface area (Å²) in [5.41, 5.74) is 0.581. The van der Waals surface area contributed by atoms with E-state index in [1.165, 1.54) is 12.1 Å². The van der Waals surface area contributed by atoms with Crippen LogP contribution < -0.4 is 0 Å². The van der Waals surface area contributed by atoms with E-state index < -0.39 is 5.79 Å². The van der Waals surface area contributed by atoms with E-state index >= 15 is 0 Å². The number of hydrogen-bond acceptors (Lipinski definition) is 3. The van der Waals surface area contributed by atoms with Crippen molar-refractivity contribution in [3.05, 3.63) is 47.5 Å². The molecule has 0 saturated carbocycles. The normalized spacial score (nSPS) is 18.5. The van der Waals surface area contributed by atoms with Crippen LogP contribution in [0.1, 0.15) is 15.9 Å². The van der Waals surface area contributed by atoms with E-state index in [9.17, 15) is 15.0 Å². The Hall–Kier alpha value is -1.45. The number of carbonyl (C=O) groups excluding carboxylic acids is 1. The van der Waals surface area contributed by atoms with Crippen LogP contribution in [-0.2, 0) is 5.79 Å². The number of fused-ring (bicyclic) bond motifs is 1. The van der Waals surface area contributed by atoms with Gasteiger partial charge in [-0.2, -0.15) is 0 Å². The second kappa shape index (κ2) is 2.52. The van der Waals surface area contributed by atoms with Crippen LogP contribution in [0.25, 0.3) is 0 Å². The standard InChI is InChI=1S/C10H8O3/c11-9-5-6-10(12,13)8-4-2-1-3-7(8)9/h1-6,12-13H. The molecule has 2 N–H and O–H groups in total. The Bertz CT molecular complexity index is 391. The van der Waals surface area contributed by atoms with Gasteiger partial charge in [0.05, 0.1) is 0 Å². The van der Waals surface area contributed by atoms with E-state index in [-0.39, 0.29) is 11.3 Å². The largest absolute Gasteiger partial charge is 0.359 e. The van der Waals surface area contributed by atoms with E-state index in [4.69, 9.17) is 0 Å². The zero-order chi connectivity index (χ0) is 9.47. The molecule has 3 nitrogen and oxygen atoms in total. The zero-order valence-electron chi connectivity index (χ0n) is 6.77. The van der Waals surface area contributed by atoms with Gasteiger partial charge in [0.15, 0.2) is 5.78 Å². The van der Waals surface area contributed by atoms with Crippen LogP contribution in [0.15, 0.2) is 36.4 Å². The number of rotatable bonds is 0. The van der Waals surface area contributed by atoms with E-state index in [1.807, 2.05) is 0 Å². The average Bonchev–Trinajstić information content (AvgIpc) is 2.13. The first kappa shape index (κ1) is 8.16. The van der Waals surface area contributed by atoms with Gasteiger partial charge in [0, 0.05) is 11.1 Å². The molecule has 0 aliphatic heterocycles. The smallest absolute Gasteiger partial charge is 0.211 e. The van der Waals surface area contributed by atoms with Crippen LogP contribution in [0.4, 0.5) is 0 Å². The number of allylic oxidation sites excluding steroid dienone is 1. The van der Waals surface area contributed by atoms with E-state index in [2.05, 4.69) is 0 Å². The highest BCUT2D eigenvalue weighted by Gasteiger charge is 2.30. The molecular formula is C10H8O3.